The van der Waals surface area contributed by atoms with Crippen LogP contribution in [0.1, 0.15) is 270 Å². The second-order valence-electron chi connectivity index (χ2n) is 27.3. The van der Waals surface area contributed by atoms with Gasteiger partial charge >= 0.3 is 42.3 Å². The van der Waals surface area contributed by atoms with E-state index in [-0.39, 0.29) is 58.3 Å². The van der Waals surface area contributed by atoms with E-state index in [1.807, 2.05) is 0 Å². The first kappa shape index (κ1) is 83.7. The highest BCUT2D eigenvalue weighted by Gasteiger charge is 2.60. The first-order valence-electron chi connectivity index (χ1n) is 32.9. The van der Waals surface area contributed by atoms with Crippen LogP contribution in [-0.4, -0.2) is 169 Å². The van der Waals surface area contributed by atoms with Gasteiger partial charge in [0.25, 0.3) is 0 Å². The normalized spacial score (nSPS) is 13.5. The molecule has 0 fully saturated rings. The van der Waals surface area contributed by atoms with Crippen molar-refractivity contribution in [3.8, 4) is 0 Å². The molecule has 1 unspecified atom stereocenters. The summed E-state index contributed by atoms with van der Waals surface area (Å²) in [6.07, 6.45) is 6.33. The molecule has 90 heavy (non-hydrogen) atoms. The van der Waals surface area contributed by atoms with E-state index in [9.17, 15) is 53.7 Å². The van der Waals surface area contributed by atoms with Crippen LogP contribution in [0, 0.1) is 5.92 Å². The van der Waals surface area contributed by atoms with Crippen molar-refractivity contribution in [2.45, 2.75) is 310 Å². The Bertz CT molecular complexity index is 2200. The van der Waals surface area contributed by atoms with Crippen LogP contribution < -0.4 is 21.7 Å². The molecule has 0 aromatic heterocycles. The molecule has 0 spiro atoms. The summed E-state index contributed by atoms with van der Waals surface area (Å²) in [5.41, 5.74) is -1.55. The summed E-state index contributed by atoms with van der Waals surface area (Å²) in [6.45, 7) is 22.9. The summed E-state index contributed by atoms with van der Waals surface area (Å²) >= 11 is 0. The van der Waals surface area contributed by atoms with Crippen LogP contribution in [-0.2, 0) is 52.5 Å². The number of aliphatic carboxylic acids is 3. The van der Waals surface area contributed by atoms with Crippen LogP contribution in [0.5, 0.6) is 0 Å². The van der Waals surface area contributed by atoms with Gasteiger partial charge < -0.3 is 55.5 Å². The summed E-state index contributed by atoms with van der Waals surface area (Å²) in [4.78, 5) is 158. The number of amides is 7. The molecule has 25 heteroatoms. The Hall–Kier alpha value is -6.27. The topological polar surface area (TPSA) is 357 Å². The van der Waals surface area contributed by atoms with Crippen molar-refractivity contribution in [3.05, 3.63) is 0 Å². The Kier molecular flexibility index (Phi) is 39.7. The number of imide groups is 1. The highest BCUT2D eigenvalue weighted by Crippen LogP contribution is 2.35. The molecule has 4 atom stereocenters. The Balaban J connectivity index is 8.73. The van der Waals surface area contributed by atoms with E-state index in [2.05, 4.69) is 29.8 Å². The number of Topliss-reactive ketones (excluding diaryl/α,β-unsaturated/α-hetero) is 1. The van der Waals surface area contributed by atoms with E-state index in [1.165, 1.54) is 25.7 Å². The van der Waals surface area contributed by atoms with E-state index < -0.39 is 157 Å². The van der Waals surface area contributed by atoms with Gasteiger partial charge in [0.15, 0.2) is 5.78 Å². The lowest BCUT2D eigenvalue weighted by Crippen LogP contribution is -2.75. The number of ketones is 1. The summed E-state index contributed by atoms with van der Waals surface area (Å²) in [7, 11) is 0. The van der Waals surface area contributed by atoms with Gasteiger partial charge in [0, 0.05) is 58.4 Å². The van der Waals surface area contributed by atoms with Gasteiger partial charge in [-0.3, -0.25) is 43.9 Å². The number of carbonyl (C=O) groups is 11. The van der Waals surface area contributed by atoms with Gasteiger partial charge in [0.2, 0.25) is 23.4 Å². The lowest BCUT2D eigenvalue weighted by atomic mass is 9.78. The lowest BCUT2D eigenvalue weighted by Gasteiger charge is -2.47. The summed E-state index contributed by atoms with van der Waals surface area (Å²) < 4.78 is 22.4. The molecule has 0 aliphatic heterocycles. The molecule has 0 aliphatic carbocycles. The number of hydrogen-bond donors (Lipinski definition) is 7. The maximum atomic E-state index is 16.4. The standard InChI is InChI=1S/C65H117N7O18/c1-15-17-19-21-23-25-27-29-31-37-51(74)72(52(75)38-32-30-28-26-24-22-20-18-16-2)65(56(81)82,69-48(55(79)80)39-40-53(76)77)47(46-50(66)73)54(78)49(71(60(86)90-64(12,13)14)45-35-42-68-58(84)88-62(6,7)8)36-33-43-70(59(85)89-63(9,10)11)44-34-41-67-57(83)87-61(3,4)5/h47-49,69H,15-46H2,1-14H3,(H2,66,73)(H,67,83)(H,68,84)(H,76,77)(H,79,80)(H,81,82)/t47?,48-,49-,65-/m0/s1. The summed E-state index contributed by atoms with van der Waals surface area (Å²) in [6, 6.07) is -4.15. The van der Waals surface area contributed by atoms with E-state index in [0.717, 1.165) is 81.9 Å². The zero-order valence-corrected chi connectivity index (χ0v) is 57.2. The zero-order valence-electron chi connectivity index (χ0n) is 57.2. The number of carbonyl (C=O) groups excluding carboxylic acids is 8. The highest BCUT2D eigenvalue weighted by molar-refractivity contribution is 6.05. The first-order valence-corrected chi connectivity index (χ1v) is 32.9. The third kappa shape index (κ3) is 37.2. The van der Waals surface area contributed by atoms with E-state index in [0.29, 0.717) is 30.6 Å². The third-order valence-electron chi connectivity index (χ3n) is 14.2. The van der Waals surface area contributed by atoms with Crippen LogP contribution in [0.3, 0.4) is 0 Å². The minimum atomic E-state index is -3.53. The monoisotopic (exact) mass is 1280 g/mol. The minimum Gasteiger partial charge on any atom is -0.481 e. The van der Waals surface area contributed by atoms with Crippen LogP contribution in [0.15, 0.2) is 0 Å². The highest BCUT2D eigenvalue weighted by atomic mass is 16.6. The molecule has 520 valence electrons. The molecule has 0 rings (SSSR count). The van der Waals surface area contributed by atoms with E-state index in [4.69, 9.17) is 24.7 Å². The Labute approximate surface area is 536 Å². The smallest absolute Gasteiger partial charge is 0.410 e. The minimum absolute atomic E-state index is 0.0358. The predicted octanol–water partition coefficient (Wildman–Crippen LogP) is 11.4. The van der Waals surface area contributed by atoms with Crippen molar-refractivity contribution in [2.75, 3.05) is 32.7 Å². The molecule has 0 bridgehead atoms. The molecule has 7 amide bonds. The van der Waals surface area contributed by atoms with Crippen LogP contribution >= 0.6 is 0 Å². The van der Waals surface area contributed by atoms with Crippen LogP contribution in [0.2, 0.25) is 0 Å². The first-order chi connectivity index (χ1) is 41.8. The average Bonchev–Trinajstić information content (AvgIpc) is 0.745. The molecule has 8 N–H and O–H groups in total. The van der Waals surface area contributed by atoms with Gasteiger partial charge in [-0.15, -0.1) is 0 Å². The third-order valence-corrected chi connectivity index (χ3v) is 14.2. The second kappa shape index (κ2) is 42.7. The van der Waals surface area contributed by atoms with Crippen molar-refractivity contribution in [2.24, 2.45) is 11.7 Å². The van der Waals surface area contributed by atoms with Crippen molar-refractivity contribution >= 4 is 65.8 Å². The number of unbranched alkanes of at least 4 members (excludes halogenated alkanes) is 16. The van der Waals surface area contributed by atoms with Gasteiger partial charge in [-0.25, -0.2) is 24.0 Å². The van der Waals surface area contributed by atoms with E-state index >= 15 is 14.4 Å². The number of carboxylic acids is 3. The number of hydrogen-bond acceptors (Lipinski definition) is 16. The average molecular weight is 1280 g/mol. The fraction of sp³-hybridized carbons (Fsp3) is 0.831. The van der Waals surface area contributed by atoms with Gasteiger partial charge in [-0.05, 0) is 128 Å². The maximum Gasteiger partial charge on any atom is 0.410 e. The molecule has 25 nitrogen and oxygen atoms in total. The number of nitrogens with zero attached hydrogens (tertiary/aromatic N) is 3. The van der Waals surface area contributed by atoms with Crippen molar-refractivity contribution in [1.29, 1.82) is 0 Å². The van der Waals surface area contributed by atoms with Crippen LogP contribution in [0.4, 0.5) is 19.2 Å². The second-order valence-corrected chi connectivity index (χ2v) is 27.3. The summed E-state index contributed by atoms with van der Waals surface area (Å²) in [5, 5.41) is 40.3. The number of rotatable bonds is 46. The number of carboxylic acid groups (broad SMARTS) is 3. The van der Waals surface area contributed by atoms with Crippen molar-refractivity contribution in [1.82, 2.24) is 30.7 Å². The predicted molar refractivity (Wildman–Crippen MR) is 341 cm³/mol. The fourth-order valence-corrected chi connectivity index (χ4v) is 10.0. The largest absolute Gasteiger partial charge is 0.481 e. The molecule has 0 saturated heterocycles. The summed E-state index contributed by atoms with van der Waals surface area (Å²) in [5.74, 6) is -13.0. The molecule has 0 heterocycles. The van der Waals surface area contributed by atoms with Gasteiger partial charge in [0.1, 0.15) is 28.4 Å². The molecule has 0 saturated carbocycles. The SMILES string of the molecule is CCCCCCCCCCCC(=O)N(C(=O)CCCCCCCCCCC)[C@](N[C@@H](CCC(=O)O)C(=O)O)(C(=O)O)C(CC(N)=O)C(=O)[C@H](CCCN(CCCNC(=O)OC(C)(C)C)C(=O)OC(C)(C)C)N(CCCNC(=O)OC(C)(C)C)C(=O)OC(C)(C)C. The lowest BCUT2D eigenvalue weighted by molar-refractivity contribution is -0.179. The molecule has 0 aromatic carbocycles. The Morgan fingerprint density at radius 1 is 0.467 bits per heavy atom. The Morgan fingerprint density at radius 2 is 0.856 bits per heavy atom. The molecular weight excluding hydrogens is 1170 g/mol. The number of ether oxygens (including phenoxy) is 4. The van der Waals surface area contributed by atoms with Crippen molar-refractivity contribution in [3.63, 3.8) is 0 Å². The number of nitrogens with one attached hydrogen (secondary N) is 3. The van der Waals surface area contributed by atoms with Gasteiger partial charge in [0.05, 0.1) is 12.0 Å². The molecule has 0 aliphatic rings. The fourth-order valence-electron chi connectivity index (χ4n) is 10.0. The Morgan fingerprint density at radius 3 is 1.23 bits per heavy atom. The van der Waals surface area contributed by atoms with Gasteiger partial charge in [-0.1, -0.05) is 117 Å². The quantitative estimate of drug-likeness (QED) is 0.0169. The van der Waals surface area contributed by atoms with Gasteiger partial charge in [-0.2, -0.15) is 0 Å². The number of alkyl carbamates (subject to hydrolysis) is 2. The zero-order chi connectivity index (χ0) is 68.9. The number of primary amides is 1. The maximum absolute atomic E-state index is 16.4. The van der Waals surface area contributed by atoms with Crippen molar-refractivity contribution < 1.29 is 87.0 Å². The van der Waals surface area contributed by atoms with Crippen LogP contribution in [0.25, 0.3) is 0 Å². The molecule has 0 aromatic rings. The molecule has 0 radical (unpaired) electrons. The number of nitrogens with two attached hydrogens (primary N) is 1. The van der Waals surface area contributed by atoms with E-state index in [1.54, 1.807) is 62.3 Å². The molecular formula is C65H117N7O18.